The van der Waals surface area contributed by atoms with Crippen LogP contribution in [-0.2, 0) is 7.05 Å². The summed E-state index contributed by atoms with van der Waals surface area (Å²) in [4.78, 5) is 12.5. The van der Waals surface area contributed by atoms with Gasteiger partial charge in [-0.2, -0.15) is 0 Å². The Kier molecular flexibility index (Phi) is 3.06. The molecule has 0 fully saturated rings. The minimum atomic E-state index is 0.0252. The Labute approximate surface area is 122 Å². The van der Waals surface area contributed by atoms with E-state index in [1.54, 1.807) is 11.6 Å². The summed E-state index contributed by atoms with van der Waals surface area (Å²) in [5.41, 5.74) is 2.08. The lowest BCUT2D eigenvalue weighted by atomic mass is 9.98. The van der Waals surface area contributed by atoms with Crippen LogP contribution < -0.4 is 5.56 Å². The summed E-state index contributed by atoms with van der Waals surface area (Å²) in [6, 6.07) is 11.8. The fourth-order valence-corrected chi connectivity index (χ4v) is 2.80. The molecule has 102 valence electrons. The Morgan fingerprint density at radius 3 is 2.40 bits per heavy atom. The van der Waals surface area contributed by atoms with Crippen LogP contribution in [0, 0.1) is 0 Å². The van der Waals surface area contributed by atoms with Gasteiger partial charge in [-0.3, -0.25) is 4.79 Å². The Morgan fingerprint density at radius 2 is 1.70 bits per heavy atom. The Balaban J connectivity index is 2.53. The van der Waals surface area contributed by atoms with Crippen LogP contribution in [0.3, 0.4) is 0 Å². The Morgan fingerprint density at radius 1 is 1.00 bits per heavy atom. The van der Waals surface area contributed by atoms with Gasteiger partial charge in [-0.1, -0.05) is 43.6 Å². The van der Waals surface area contributed by atoms with Gasteiger partial charge in [-0.05, 0) is 35.1 Å². The summed E-state index contributed by atoms with van der Waals surface area (Å²) in [7, 11) is 1.79. The zero-order valence-electron chi connectivity index (χ0n) is 11.8. The quantitative estimate of drug-likeness (QED) is 0.605. The van der Waals surface area contributed by atoms with E-state index in [0.717, 1.165) is 21.7 Å². The normalized spacial score (nSPS) is 11.7. The lowest BCUT2D eigenvalue weighted by Crippen LogP contribution is -2.17. The lowest BCUT2D eigenvalue weighted by Gasteiger charge is -2.12. The molecule has 0 unspecified atom stereocenters. The van der Waals surface area contributed by atoms with Crippen LogP contribution in [0.1, 0.15) is 25.3 Å². The van der Waals surface area contributed by atoms with E-state index in [1.165, 1.54) is 5.56 Å². The van der Waals surface area contributed by atoms with E-state index < -0.39 is 0 Å². The van der Waals surface area contributed by atoms with E-state index in [4.69, 9.17) is 11.6 Å². The number of pyridine rings is 1. The molecule has 3 aromatic rings. The first-order valence-corrected chi connectivity index (χ1v) is 7.08. The third kappa shape index (κ3) is 1.92. The number of nitrogens with zero attached hydrogens (tertiary/aromatic N) is 1. The van der Waals surface area contributed by atoms with Gasteiger partial charge in [-0.25, -0.2) is 0 Å². The number of aryl methyl sites for hydroxylation is 1. The summed E-state index contributed by atoms with van der Waals surface area (Å²) >= 11 is 6.05. The highest BCUT2D eigenvalue weighted by Gasteiger charge is 2.10. The molecule has 2 aromatic carbocycles. The number of rotatable bonds is 1. The Hall–Kier alpha value is -1.80. The third-order valence-electron chi connectivity index (χ3n) is 3.86. The maximum absolute atomic E-state index is 12.5. The molecule has 0 saturated carbocycles. The van der Waals surface area contributed by atoms with Crippen LogP contribution in [-0.4, -0.2) is 4.57 Å². The number of fused-ring (bicyclic) bond motifs is 3. The smallest absolute Gasteiger partial charge is 0.258 e. The zero-order valence-corrected chi connectivity index (χ0v) is 12.5. The van der Waals surface area contributed by atoms with E-state index in [9.17, 15) is 4.79 Å². The molecular weight excluding hydrogens is 270 g/mol. The minimum Gasteiger partial charge on any atom is -0.311 e. The van der Waals surface area contributed by atoms with E-state index in [2.05, 4.69) is 19.9 Å². The van der Waals surface area contributed by atoms with Crippen molar-refractivity contribution in [2.45, 2.75) is 19.8 Å². The van der Waals surface area contributed by atoms with Gasteiger partial charge in [0.05, 0.1) is 5.52 Å². The number of aromatic nitrogens is 1. The van der Waals surface area contributed by atoms with Gasteiger partial charge in [0.1, 0.15) is 0 Å². The number of hydrogen-bond donors (Lipinski definition) is 0. The minimum absolute atomic E-state index is 0.0252. The summed E-state index contributed by atoms with van der Waals surface area (Å²) in [6.45, 7) is 4.26. The average Bonchev–Trinajstić information content (AvgIpc) is 2.44. The van der Waals surface area contributed by atoms with Crippen molar-refractivity contribution in [1.29, 1.82) is 0 Å². The van der Waals surface area contributed by atoms with Crippen molar-refractivity contribution in [3.05, 3.63) is 57.3 Å². The molecule has 0 amide bonds. The number of benzene rings is 2. The van der Waals surface area contributed by atoms with Crippen molar-refractivity contribution in [2.24, 2.45) is 7.05 Å². The molecule has 0 spiro atoms. The molecule has 3 rings (SSSR count). The maximum atomic E-state index is 12.5. The molecule has 0 bridgehead atoms. The summed E-state index contributed by atoms with van der Waals surface area (Å²) in [5, 5.41) is 3.46. The molecule has 3 heteroatoms. The van der Waals surface area contributed by atoms with Gasteiger partial charge in [0.15, 0.2) is 0 Å². The third-order valence-corrected chi connectivity index (χ3v) is 4.09. The van der Waals surface area contributed by atoms with Crippen molar-refractivity contribution in [3.63, 3.8) is 0 Å². The molecule has 0 N–H and O–H groups in total. The van der Waals surface area contributed by atoms with E-state index in [0.29, 0.717) is 10.9 Å². The molecule has 0 atom stereocenters. The molecule has 0 saturated heterocycles. The largest absolute Gasteiger partial charge is 0.311 e. The molecule has 0 aliphatic rings. The molecule has 1 heterocycles. The number of halogens is 1. The second-order valence-corrected chi connectivity index (χ2v) is 5.92. The first-order chi connectivity index (χ1) is 9.49. The molecule has 0 radical (unpaired) electrons. The first-order valence-electron chi connectivity index (χ1n) is 6.71. The molecule has 2 nitrogen and oxygen atoms in total. The van der Waals surface area contributed by atoms with Crippen molar-refractivity contribution in [2.75, 3.05) is 0 Å². The van der Waals surface area contributed by atoms with Gasteiger partial charge in [0.25, 0.3) is 5.56 Å². The van der Waals surface area contributed by atoms with Crippen LogP contribution in [0.25, 0.3) is 21.7 Å². The predicted molar refractivity (Wildman–Crippen MR) is 85.8 cm³/mol. The van der Waals surface area contributed by atoms with Crippen LogP contribution in [0.4, 0.5) is 0 Å². The summed E-state index contributed by atoms with van der Waals surface area (Å²) in [5.74, 6) is 0.407. The molecular formula is C17H16ClNO. The van der Waals surface area contributed by atoms with Gasteiger partial charge in [0, 0.05) is 22.8 Å². The Bertz CT molecular complexity index is 877. The fourth-order valence-electron chi connectivity index (χ4n) is 2.63. The monoisotopic (exact) mass is 285 g/mol. The van der Waals surface area contributed by atoms with Gasteiger partial charge in [0.2, 0.25) is 0 Å². The van der Waals surface area contributed by atoms with Gasteiger partial charge in [-0.15, -0.1) is 0 Å². The molecule has 0 aliphatic heterocycles. The highest BCUT2D eigenvalue weighted by molar-refractivity contribution is 6.31. The van der Waals surface area contributed by atoms with E-state index >= 15 is 0 Å². The standard InChI is InChI=1S/C17H16ClNO/c1-10(2)11-4-6-13-14-7-5-12(18)9-16(14)19(3)17(20)15(13)8-11/h4-10H,1-3H3. The fraction of sp³-hybridized carbons (Fsp3) is 0.235. The van der Waals surface area contributed by atoms with E-state index in [1.807, 2.05) is 30.3 Å². The first kappa shape index (κ1) is 13.2. The van der Waals surface area contributed by atoms with E-state index in [-0.39, 0.29) is 5.56 Å². The van der Waals surface area contributed by atoms with Crippen LogP contribution in [0.5, 0.6) is 0 Å². The highest BCUT2D eigenvalue weighted by Crippen LogP contribution is 2.27. The van der Waals surface area contributed by atoms with Crippen molar-refractivity contribution < 1.29 is 0 Å². The van der Waals surface area contributed by atoms with Crippen LogP contribution in [0.15, 0.2) is 41.2 Å². The molecule has 1 aromatic heterocycles. The summed E-state index contributed by atoms with van der Waals surface area (Å²) in [6.07, 6.45) is 0. The zero-order chi connectivity index (χ0) is 14.4. The topological polar surface area (TPSA) is 22.0 Å². The maximum Gasteiger partial charge on any atom is 0.258 e. The molecule has 0 aliphatic carbocycles. The summed E-state index contributed by atoms with van der Waals surface area (Å²) < 4.78 is 1.67. The second-order valence-electron chi connectivity index (χ2n) is 5.49. The number of hydrogen-bond acceptors (Lipinski definition) is 1. The van der Waals surface area contributed by atoms with Gasteiger partial charge >= 0.3 is 0 Å². The van der Waals surface area contributed by atoms with Crippen LogP contribution >= 0.6 is 11.6 Å². The van der Waals surface area contributed by atoms with Gasteiger partial charge < -0.3 is 4.57 Å². The van der Waals surface area contributed by atoms with Crippen LogP contribution in [0.2, 0.25) is 5.02 Å². The van der Waals surface area contributed by atoms with Crippen molar-refractivity contribution in [3.8, 4) is 0 Å². The lowest BCUT2D eigenvalue weighted by molar-refractivity contribution is 0.867. The molecule has 20 heavy (non-hydrogen) atoms. The highest BCUT2D eigenvalue weighted by atomic mass is 35.5. The van der Waals surface area contributed by atoms with Crippen molar-refractivity contribution in [1.82, 2.24) is 4.57 Å². The SMILES string of the molecule is CC(C)c1ccc2c(c1)c(=O)n(C)c1cc(Cl)ccc21. The second kappa shape index (κ2) is 4.64. The van der Waals surface area contributed by atoms with Crippen molar-refractivity contribution >= 4 is 33.3 Å². The predicted octanol–water partition coefficient (Wildman–Crippen LogP) is 4.47. The average molecular weight is 286 g/mol.